The Balaban J connectivity index is 1.94. The molecule has 0 bridgehead atoms. The number of hydrogen-bond acceptors (Lipinski definition) is 6. The van der Waals surface area contributed by atoms with Crippen LogP contribution < -0.4 is 10.5 Å². The third kappa shape index (κ3) is 3.16. The molecule has 1 unspecified atom stereocenters. The van der Waals surface area contributed by atoms with Crippen molar-refractivity contribution in [2.24, 2.45) is 15.7 Å². The number of aliphatic imine (C=N–C) groups is 2. The normalized spacial score (nSPS) is 18.3. The first kappa shape index (κ1) is 18.8. The molecule has 3 aromatic rings. The predicted molar refractivity (Wildman–Crippen MR) is 115 cm³/mol. The van der Waals surface area contributed by atoms with E-state index in [-0.39, 0.29) is 0 Å². The third-order valence-electron chi connectivity index (χ3n) is 5.21. The van der Waals surface area contributed by atoms with Crippen LogP contribution in [0.5, 0.6) is 5.75 Å². The highest BCUT2D eigenvalue weighted by Crippen LogP contribution is 2.42. The van der Waals surface area contributed by atoms with Gasteiger partial charge in [0.2, 0.25) is 5.66 Å². The number of aryl methyl sites for hydroxylation is 2. The fourth-order valence-corrected chi connectivity index (χ4v) is 3.84. The second kappa shape index (κ2) is 7.13. The number of nitrogens with two attached hydrogens (primary N) is 1. The minimum absolute atomic E-state index is 0.449. The molecule has 0 saturated carbocycles. The van der Waals surface area contributed by atoms with E-state index in [9.17, 15) is 0 Å². The van der Waals surface area contributed by atoms with Gasteiger partial charge in [0.15, 0.2) is 0 Å². The highest BCUT2D eigenvalue weighted by molar-refractivity contribution is 6.41. The Morgan fingerprint density at radius 3 is 2.14 bits per heavy atom. The van der Waals surface area contributed by atoms with Crippen LogP contribution >= 0.6 is 0 Å². The molecular weight excluding hydrogens is 362 g/mol. The fourth-order valence-electron chi connectivity index (χ4n) is 3.84. The van der Waals surface area contributed by atoms with Crippen LogP contribution in [0.3, 0.4) is 0 Å². The minimum atomic E-state index is -0.929. The minimum Gasteiger partial charge on any atom is -0.496 e. The Hall–Kier alpha value is -3.54. The number of nitrogens with zero attached hydrogens (tertiary/aromatic N) is 4. The number of aromatic nitrogens is 2. The Morgan fingerprint density at radius 2 is 1.55 bits per heavy atom. The lowest BCUT2D eigenvalue weighted by molar-refractivity contribution is 0.408. The van der Waals surface area contributed by atoms with E-state index in [0.29, 0.717) is 5.84 Å². The van der Waals surface area contributed by atoms with Crippen LogP contribution in [0.4, 0.5) is 0 Å². The van der Waals surface area contributed by atoms with Gasteiger partial charge in [0.1, 0.15) is 17.9 Å². The van der Waals surface area contributed by atoms with Crippen LogP contribution in [0.15, 0.2) is 65.1 Å². The summed E-state index contributed by atoms with van der Waals surface area (Å²) in [7, 11) is 1.68. The summed E-state index contributed by atoms with van der Waals surface area (Å²) in [5.41, 5.74) is 11.9. The maximum Gasteiger partial charge on any atom is 0.204 e. The van der Waals surface area contributed by atoms with E-state index in [2.05, 4.69) is 28.2 Å². The maximum atomic E-state index is 6.18. The fraction of sp³-hybridized carbons (Fsp3) is 0.217. The number of benzene rings is 2. The SMILES string of the molecule is COc1c(C)cc(C2(c3cccc(-c4cncnc4)c3)N=C(C)C(N)=N2)cc1C. The zero-order valence-electron chi connectivity index (χ0n) is 17.0. The van der Waals surface area contributed by atoms with Crippen LogP contribution in [0.2, 0.25) is 0 Å². The summed E-state index contributed by atoms with van der Waals surface area (Å²) in [5, 5.41) is 0. The first-order valence-electron chi connectivity index (χ1n) is 9.38. The van der Waals surface area contributed by atoms with Crippen molar-refractivity contribution < 1.29 is 4.74 Å². The summed E-state index contributed by atoms with van der Waals surface area (Å²) in [5.74, 6) is 1.32. The average molecular weight is 385 g/mol. The van der Waals surface area contributed by atoms with Crippen molar-refractivity contribution in [3.05, 3.63) is 77.4 Å². The van der Waals surface area contributed by atoms with Gasteiger partial charge in [-0.15, -0.1) is 0 Å². The summed E-state index contributed by atoms with van der Waals surface area (Å²) in [6.07, 6.45) is 5.11. The van der Waals surface area contributed by atoms with Gasteiger partial charge in [-0.1, -0.05) is 18.2 Å². The molecule has 0 spiro atoms. The lowest BCUT2D eigenvalue weighted by Gasteiger charge is -2.26. The predicted octanol–water partition coefficient (Wildman–Crippen LogP) is 3.80. The van der Waals surface area contributed by atoms with E-state index in [4.69, 9.17) is 20.5 Å². The van der Waals surface area contributed by atoms with Gasteiger partial charge < -0.3 is 10.5 Å². The average Bonchev–Trinajstić information content (AvgIpc) is 3.04. The zero-order chi connectivity index (χ0) is 20.6. The topological polar surface area (TPSA) is 85.8 Å². The molecule has 1 aromatic heterocycles. The van der Waals surface area contributed by atoms with Crippen molar-refractivity contribution >= 4 is 11.5 Å². The molecule has 1 aliphatic rings. The molecule has 6 nitrogen and oxygen atoms in total. The van der Waals surface area contributed by atoms with Crippen molar-refractivity contribution in [3.8, 4) is 16.9 Å². The van der Waals surface area contributed by atoms with Gasteiger partial charge in [0.05, 0.1) is 12.8 Å². The first-order chi connectivity index (χ1) is 13.9. The van der Waals surface area contributed by atoms with Gasteiger partial charge in [-0.2, -0.15) is 0 Å². The largest absolute Gasteiger partial charge is 0.496 e. The molecule has 4 rings (SSSR count). The molecule has 0 amide bonds. The highest BCUT2D eigenvalue weighted by atomic mass is 16.5. The molecule has 2 aromatic carbocycles. The highest BCUT2D eigenvalue weighted by Gasteiger charge is 2.39. The van der Waals surface area contributed by atoms with E-state index >= 15 is 0 Å². The molecule has 0 radical (unpaired) electrons. The number of amidine groups is 1. The molecule has 2 N–H and O–H groups in total. The molecule has 2 heterocycles. The van der Waals surface area contributed by atoms with Crippen LogP contribution in [-0.4, -0.2) is 28.6 Å². The molecule has 6 heteroatoms. The Morgan fingerprint density at radius 1 is 0.862 bits per heavy atom. The van der Waals surface area contributed by atoms with Crippen LogP contribution in [0, 0.1) is 13.8 Å². The first-order valence-corrected chi connectivity index (χ1v) is 9.38. The quantitative estimate of drug-likeness (QED) is 0.740. The molecule has 29 heavy (non-hydrogen) atoms. The van der Waals surface area contributed by atoms with E-state index in [0.717, 1.165) is 44.8 Å². The summed E-state index contributed by atoms with van der Waals surface area (Å²) >= 11 is 0. The van der Waals surface area contributed by atoms with Gasteiger partial charge in [0, 0.05) is 29.1 Å². The molecule has 146 valence electrons. The van der Waals surface area contributed by atoms with E-state index < -0.39 is 5.66 Å². The molecular formula is C23H23N5O. The van der Waals surface area contributed by atoms with E-state index in [1.807, 2.05) is 39.0 Å². The number of hydrogen-bond donors (Lipinski definition) is 1. The van der Waals surface area contributed by atoms with Crippen molar-refractivity contribution in [1.82, 2.24) is 9.97 Å². The van der Waals surface area contributed by atoms with Crippen LogP contribution in [0.1, 0.15) is 29.2 Å². The molecule has 0 aliphatic carbocycles. The van der Waals surface area contributed by atoms with Gasteiger partial charge in [-0.3, -0.25) is 0 Å². The number of ether oxygens (including phenoxy) is 1. The standard InChI is InChI=1S/C23H23N5O/c1-14-8-20(9-15(2)21(14)29-4)23(27-16(3)22(24)28-23)19-7-5-6-17(10-19)18-11-25-13-26-12-18/h5-13H,1-4H3,(H2,24,28). The number of methoxy groups -OCH3 is 1. The van der Waals surface area contributed by atoms with Gasteiger partial charge in [0.25, 0.3) is 0 Å². The molecule has 0 fully saturated rings. The maximum absolute atomic E-state index is 6.18. The Labute approximate surface area is 170 Å². The summed E-state index contributed by atoms with van der Waals surface area (Å²) < 4.78 is 5.54. The number of rotatable bonds is 4. The van der Waals surface area contributed by atoms with Gasteiger partial charge in [-0.25, -0.2) is 20.0 Å². The van der Waals surface area contributed by atoms with Crippen LogP contribution in [-0.2, 0) is 5.66 Å². The molecule has 1 atom stereocenters. The van der Waals surface area contributed by atoms with Crippen molar-refractivity contribution in [3.63, 3.8) is 0 Å². The third-order valence-corrected chi connectivity index (χ3v) is 5.21. The summed E-state index contributed by atoms with van der Waals surface area (Å²) in [4.78, 5) is 18.0. The lowest BCUT2D eigenvalue weighted by Crippen LogP contribution is -2.23. The van der Waals surface area contributed by atoms with Crippen molar-refractivity contribution in [1.29, 1.82) is 0 Å². The Kier molecular flexibility index (Phi) is 4.62. The van der Waals surface area contributed by atoms with Gasteiger partial charge >= 0.3 is 0 Å². The van der Waals surface area contributed by atoms with Gasteiger partial charge in [-0.05, 0) is 55.7 Å². The second-order valence-corrected chi connectivity index (χ2v) is 7.22. The van der Waals surface area contributed by atoms with E-state index in [1.165, 1.54) is 6.33 Å². The van der Waals surface area contributed by atoms with E-state index in [1.54, 1.807) is 19.5 Å². The smallest absolute Gasteiger partial charge is 0.204 e. The summed E-state index contributed by atoms with van der Waals surface area (Å²) in [6, 6.07) is 12.3. The summed E-state index contributed by atoms with van der Waals surface area (Å²) in [6.45, 7) is 5.94. The van der Waals surface area contributed by atoms with Crippen molar-refractivity contribution in [2.45, 2.75) is 26.4 Å². The van der Waals surface area contributed by atoms with Crippen LogP contribution in [0.25, 0.3) is 11.1 Å². The molecule has 1 aliphatic heterocycles. The lowest BCUT2D eigenvalue weighted by atomic mass is 9.88. The zero-order valence-corrected chi connectivity index (χ0v) is 17.0. The molecule has 0 saturated heterocycles. The van der Waals surface area contributed by atoms with Crippen molar-refractivity contribution in [2.75, 3.05) is 7.11 Å². The monoisotopic (exact) mass is 385 g/mol. The Bertz CT molecular complexity index is 1090. The second-order valence-electron chi connectivity index (χ2n) is 7.22.